The van der Waals surface area contributed by atoms with Gasteiger partial charge in [-0.05, 0) is 42.0 Å². The lowest BCUT2D eigenvalue weighted by Crippen LogP contribution is -2.08. The molecular weight excluding hydrogens is 376 g/mol. The molecule has 1 N–H and O–H groups in total. The Kier molecular flexibility index (Phi) is 4.60. The molecule has 0 heterocycles. The zero-order valence-corrected chi connectivity index (χ0v) is 12.6. The van der Waals surface area contributed by atoms with Gasteiger partial charge in [-0.2, -0.15) is 13.2 Å². The molecule has 1 atom stereocenters. The summed E-state index contributed by atoms with van der Waals surface area (Å²) < 4.78 is 51.7. The van der Waals surface area contributed by atoms with E-state index in [0.717, 1.165) is 24.3 Å². The summed E-state index contributed by atoms with van der Waals surface area (Å²) in [5.41, 5.74) is -0.957. The summed E-state index contributed by atoms with van der Waals surface area (Å²) in [6.07, 6.45) is -6.02. The number of halogens is 6. The van der Waals surface area contributed by atoms with E-state index in [1.54, 1.807) is 0 Å². The highest BCUT2D eigenvalue weighted by Gasteiger charge is 2.32. The monoisotopic (exact) mass is 382 g/mol. The van der Waals surface area contributed by atoms with Crippen molar-refractivity contribution in [2.75, 3.05) is 0 Å². The zero-order valence-electron chi connectivity index (χ0n) is 10.3. The Morgan fingerprint density at radius 2 is 1.71 bits per heavy atom. The molecule has 21 heavy (non-hydrogen) atoms. The summed E-state index contributed by atoms with van der Waals surface area (Å²) in [5, 5.41) is 10.3. The van der Waals surface area contributed by atoms with E-state index in [2.05, 4.69) is 15.9 Å². The van der Waals surface area contributed by atoms with Gasteiger partial charge in [0.05, 0.1) is 5.56 Å². The van der Waals surface area contributed by atoms with Gasteiger partial charge in [-0.3, -0.25) is 0 Å². The number of rotatable bonds is 2. The third kappa shape index (κ3) is 3.56. The summed E-state index contributed by atoms with van der Waals surface area (Å²) in [6, 6.07) is 6.18. The summed E-state index contributed by atoms with van der Waals surface area (Å²) in [7, 11) is 0. The van der Waals surface area contributed by atoms with Crippen molar-refractivity contribution in [1.29, 1.82) is 0 Å². The van der Waals surface area contributed by atoms with Gasteiger partial charge in [0.1, 0.15) is 11.9 Å². The van der Waals surface area contributed by atoms with Gasteiger partial charge < -0.3 is 5.11 Å². The predicted molar refractivity (Wildman–Crippen MR) is 74.6 cm³/mol. The standard InChI is InChI=1S/C14H8BrClF4O/c15-11-3-1-7(14(18,19)20)5-9(11)13(21)10-6-8(17)2-4-12(10)16/h1-6,13,21H. The van der Waals surface area contributed by atoms with E-state index in [4.69, 9.17) is 11.6 Å². The predicted octanol–water partition coefficient (Wildman–Crippen LogP) is 5.34. The van der Waals surface area contributed by atoms with Crippen LogP contribution in [-0.2, 0) is 6.18 Å². The fourth-order valence-corrected chi connectivity index (χ4v) is 2.51. The van der Waals surface area contributed by atoms with Crippen LogP contribution in [-0.4, -0.2) is 5.11 Å². The molecule has 2 aromatic rings. The van der Waals surface area contributed by atoms with E-state index in [1.807, 2.05) is 0 Å². The van der Waals surface area contributed by atoms with E-state index >= 15 is 0 Å². The first kappa shape index (κ1) is 16.3. The van der Waals surface area contributed by atoms with Crippen LogP contribution < -0.4 is 0 Å². The van der Waals surface area contributed by atoms with Crippen molar-refractivity contribution in [3.05, 3.63) is 68.4 Å². The number of aliphatic hydroxyl groups excluding tert-OH is 1. The molecule has 2 rings (SSSR count). The first-order chi connectivity index (χ1) is 9.70. The molecule has 112 valence electrons. The average molecular weight is 384 g/mol. The average Bonchev–Trinajstić information content (AvgIpc) is 2.40. The molecule has 0 aliphatic carbocycles. The fourth-order valence-electron chi connectivity index (χ4n) is 1.82. The number of benzene rings is 2. The van der Waals surface area contributed by atoms with Crippen LogP contribution in [0.3, 0.4) is 0 Å². The molecule has 0 bridgehead atoms. The quantitative estimate of drug-likeness (QED) is 0.694. The van der Waals surface area contributed by atoms with E-state index in [-0.39, 0.29) is 20.6 Å². The van der Waals surface area contributed by atoms with Crippen LogP contribution >= 0.6 is 27.5 Å². The topological polar surface area (TPSA) is 20.2 Å². The molecule has 0 amide bonds. The number of hydrogen-bond acceptors (Lipinski definition) is 1. The number of aliphatic hydroxyl groups is 1. The molecule has 2 aromatic carbocycles. The molecule has 0 saturated carbocycles. The molecule has 0 fully saturated rings. The van der Waals surface area contributed by atoms with Crippen LogP contribution in [0.25, 0.3) is 0 Å². The SMILES string of the molecule is OC(c1cc(F)ccc1Cl)c1cc(C(F)(F)F)ccc1Br. The Morgan fingerprint density at radius 3 is 2.33 bits per heavy atom. The van der Waals surface area contributed by atoms with Crippen LogP contribution in [0.2, 0.25) is 5.02 Å². The van der Waals surface area contributed by atoms with Crippen molar-refractivity contribution < 1.29 is 22.7 Å². The van der Waals surface area contributed by atoms with E-state index in [9.17, 15) is 22.7 Å². The zero-order chi connectivity index (χ0) is 15.8. The molecule has 0 aromatic heterocycles. The molecule has 0 aliphatic heterocycles. The first-order valence-corrected chi connectivity index (χ1v) is 6.87. The highest BCUT2D eigenvalue weighted by Crippen LogP contribution is 2.37. The Morgan fingerprint density at radius 1 is 1.05 bits per heavy atom. The van der Waals surface area contributed by atoms with Crippen LogP contribution in [0.15, 0.2) is 40.9 Å². The van der Waals surface area contributed by atoms with E-state index in [0.29, 0.717) is 0 Å². The van der Waals surface area contributed by atoms with Crippen LogP contribution in [0.1, 0.15) is 22.8 Å². The third-order valence-corrected chi connectivity index (χ3v) is 3.94. The highest BCUT2D eigenvalue weighted by molar-refractivity contribution is 9.10. The van der Waals surface area contributed by atoms with Gasteiger partial charge in [0.2, 0.25) is 0 Å². The van der Waals surface area contributed by atoms with Gasteiger partial charge in [0, 0.05) is 15.1 Å². The lowest BCUT2D eigenvalue weighted by atomic mass is 9.99. The molecule has 1 unspecified atom stereocenters. The van der Waals surface area contributed by atoms with Gasteiger partial charge >= 0.3 is 6.18 Å². The van der Waals surface area contributed by atoms with Gasteiger partial charge in [-0.25, -0.2) is 4.39 Å². The second kappa shape index (κ2) is 5.94. The summed E-state index contributed by atoms with van der Waals surface area (Å²) >= 11 is 8.93. The molecular formula is C14H8BrClF4O. The van der Waals surface area contributed by atoms with Crippen molar-refractivity contribution in [1.82, 2.24) is 0 Å². The van der Waals surface area contributed by atoms with Gasteiger partial charge in [0.15, 0.2) is 0 Å². The lowest BCUT2D eigenvalue weighted by Gasteiger charge is -2.17. The number of hydrogen-bond donors (Lipinski definition) is 1. The van der Waals surface area contributed by atoms with E-state index in [1.165, 1.54) is 12.1 Å². The Labute approximate surface area is 131 Å². The summed E-state index contributed by atoms with van der Waals surface area (Å²) in [4.78, 5) is 0. The Bertz CT molecular complexity index is 673. The maximum Gasteiger partial charge on any atom is 0.416 e. The first-order valence-electron chi connectivity index (χ1n) is 5.70. The second-order valence-corrected chi connectivity index (χ2v) is 5.56. The molecule has 0 saturated heterocycles. The third-order valence-electron chi connectivity index (χ3n) is 2.87. The van der Waals surface area contributed by atoms with Gasteiger partial charge in [-0.1, -0.05) is 27.5 Å². The van der Waals surface area contributed by atoms with Crippen molar-refractivity contribution in [2.24, 2.45) is 0 Å². The minimum absolute atomic E-state index is 0.00306. The maximum absolute atomic E-state index is 13.2. The Hall–Kier alpha value is -1.11. The smallest absolute Gasteiger partial charge is 0.384 e. The van der Waals surface area contributed by atoms with Crippen molar-refractivity contribution in [3.8, 4) is 0 Å². The minimum Gasteiger partial charge on any atom is -0.384 e. The normalized spacial score (nSPS) is 13.3. The molecule has 0 spiro atoms. The summed E-state index contributed by atoms with van der Waals surface area (Å²) in [6.45, 7) is 0. The molecule has 0 aliphatic rings. The van der Waals surface area contributed by atoms with Crippen molar-refractivity contribution >= 4 is 27.5 Å². The second-order valence-electron chi connectivity index (χ2n) is 4.30. The maximum atomic E-state index is 13.2. The van der Waals surface area contributed by atoms with Gasteiger partial charge in [-0.15, -0.1) is 0 Å². The van der Waals surface area contributed by atoms with Crippen LogP contribution in [0.4, 0.5) is 17.6 Å². The Balaban J connectivity index is 2.52. The number of alkyl halides is 3. The van der Waals surface area contributed by atoms with E-state index < -0.39 is 23.7 Å². The molecule has 0 radical (unpaired) electrons. The molecule has 1 nitrogen and oxygen atoms in total. The van der Waals surface area contributed by atoms with Gasteiger partial charge in [0.25, 0.3) is 0 Å². The fraction of sp³-hybridized carbons (Fsp3) is 0.143. The molecule has 7 heteroatoms. The van der Waals surface area contributed by atoms with Crippen molar-refractivity contribution in [2.45, 2.75) is 12.3 Å². The van der Waals surface area contributed by atoms with Crippen LogP contribution in [0, 0.1) is 5.82 Å². The summed E-state index contributed by atoms with van der Waals surface area (Å²) in [5.74, 6) is -0.642. The van der Waals surface area contributed by atoms with Crippen LogP contribution in [0.5, 0.6) is 0 Å². The largest absolute Gasteiger partial charge is 0.416 e. The lowest BCUT2D eigenvalue weighted by molar-refractivity contribution is -0.137. The van der Waals surface area contributed by atoms with Crippen molar-refractivity contribution in [3.63, 3.8) is 0 Å². The minimum atomic E-state index is -4.54. The highest BCUT2D eigenvalue weighted by atomic mass is 79.9.